The molecule has 1 aliphatic heterocycles. The summed E-state index contributed by atoms with van der Waals surface area (Å²) in [6.07, 6.45) is 4.92. The molecule has 1 aliphatic carbocycles. The molecule has 166 valence electrons. The summed E-state index contributed by atoms with van der Waals surface area (Å²) in [5.74, 6) is 1.20. The van der Waals surface area contributed by atoms with E-state index >= 15 is 0 Å². The lowest BCUT2D eigenvalue weighted by Crippen LogP contribution is -2.32. The molecule has 2 fully saturated rings. The molecule has 1 atom stereocenters. The highest BCUT2D eigenvalue weighted by atomic mass is 16.2. The van der Waals surface area contributed by atoms with Crippen LogP contribution in [-0.4, -0.2) is 49.7 Å². The van der Waals surface area contributed by atoms with E-state index in [0.29, 0.717) is 23.8 Å². The zero-order chi connectivity index (χ0) is 22.4. The van der Waals surface area contributed by atoms with E-state index in [1.165, 1.54) is 0 Å². The van der Waals surface area contributed by atoms with Crippen molar-refractivity contribution >= 4 is 22.6 Å². The number of rotatable bonds is 5. The molecule has 0 radical (unpaired) electrons. The maximum Gasteiger partial charge on any atom is 0.254 e. The summed E-state index contributed by atoms with van der Waals surface area (Å²) in [6.45, 7) is 3.36. The molecule has 4 aromatic rings. The van der Waals surface area contributed by atoms with Crippen LogP contribution in [0.4, 0.5) is 5.69 Å². The molecule has 1 aromatic carbocycles. The van der Waals surface area contributed by atoms with Gasteiger partial charge < -0.3 is 10.2 Å². The molecule has 33 heavy (non-hydrogen) atoms. The SMILES string of the molecule is Cc1nn(-c2ccccn2)c2nc(C3CC3)cc(C(=O)N3CCC(Nc4ccccc4)C3)c12. The Morgan fingerprint density at radius 3 is 2.64 bits per heavy atom. The van der Waals surface area contributed by atoms with Crippen molar-refractivity contribution in [3.05, 3.63) is 77.7 Å². The number of amides is 1. The summed E-state index contributed by atoms with van der Waals surface area (Å²) in [6, 6.07) is 18.2. The Bertz CT molecular complexity index is 1310. The number of nitrogens with one attached hydrogen (secondary N) is 1. The fraction of sp³-hybridized carbons (Fsp3) is 0.308. The molecule has 3 aromatic heterocycles. The van der Waals surface area contributed by atoms with Gasteiger partial charge in [0.25, 0.3) is 5.91 Å². The number of likely N-dealkylation sites (tertiary alicyclic amines) is 1. The van der Waals surface area contributed by atoms with Crippen LogP contribution in [0.1, 0.15) is 46.9 Å². The van der Waals surface area contributed by atoms with Crippen molar-refractivity contribution in [1.29, 1.82) is 0 Å². The van der Waals surface area contributed by atoms with Crippen LogP contribution >= 0.6 is 0 Å². The second kappa shape index (κ2) is 7.99. The number of nitrogens with zero attached hydrogens (tertiary/aromatic N) is 5. The summed E-state index contributed by atoms with van der Waals surface area (Å²) in [4.78, 5) is 25.1. The average molecular weight is 439 g/mol. The van der Waals surface area contributed by atoms with E-state index in [9.17, 15) is 4.79 Å². The lowest BCUT2D eigenvalue weighted by Gasteiger charge is -2.19. The van der Waals surface area contributed by atoms with Gasteiger partial charge in [0, 0.05) is 42.6 Å². The van der Waals surface area contributed by atoms with E-state index in [0.717, 1.165) is 53.9 Å². The lowest BCUT2D eigenvalue weighted by molar-refractivity contribution is 0.0793. The van der Waals surface area contributed by atoms with Crippen molar-refractivity contribution in [3.63, 3.8) is 0 Å². The van der Waals surface area contributed by atoms with Gasteiger partial charge in [-0.3, -0.25) is 4.79 Å². The van der Waals surface area contributed by atoms with Crippen LogP contribution in [0.3, 0.4) is 0 Å². The molecular formula is C26H26N6O. The molecule has 0 bridgehead atoms. The number of pyridine rings is 2. The van der Waals surface area contributed by atoms with Gasteiger partial charge in [0.15, 0.2) is 11.5 Å². The van der Waals surface area contributed by atoms with Crippen LogP contribution < -0.4 is 5.32 Å². The standard InChI is InChI=1S/C26H26N6O/c1-17-24-21(26(33)31-14-12-20(16-31)28-19-7-3-2-4-8-19)15-22(18-10-11-18)29-25(24)32(30-17)23-9-5-6-13-27-23/h2-9,13,15,18,20,28H,10-12,14,16H2,1H3. The number of carbonyl (C=O) groups excluding carboxylic acids is 1. The Morgan fingerprint density at radius 2 is 1.88 bits per heavy atom. The number of hydrogen-bond donors (Lipinski definition) is 1. The molecule has 2 aliphatic rings. The lowest BCUT2D eigenvalue weighted by atomic mass is 10.1. The van der Waals surface area contributed by atoms with Gasteiger partial charge in [-0.05, 0) is 56.5 Å². The summed E-state index contributed by atoms with van der Waals surface area (Å²) >= 11 is 0. The van der Waals surface area contributed by atoms with Gasteiger partial charge in [0.1, 0.15) is 0 Å². The minimum absolute atomic E-state index is 0.0605. The highest BCUT2D eigenvalue weighted by Crippen LogP contribution is 2.41. The first-order valence-electron chi connectivity index (χ1n) is 11.6. The van der Waals surface area contributed by atoms with E-state index in [2.05, 4.69) is 22.4 Å². The quantitative estimate of drug-likeness (QED) is 0.502. The predicted octanol–water partition coefficient (Wildman–Crippen LogP) is 4.33. The largest absolute Gasteiger partial charge is 0.380 e. The summed E-state index contributed by atoms with van der Waals surface area (Å²) < 4.78 is 1.77. The Morgan fingerprint density at radius 1 is 1.06 bits per heavy atom. The fourth-order valence-electron chi connectivity index (χ4n) is 4.71. The fourth-order valence-corrected chi connectivity index (χ4v) is 4.71. The van der Waals surface area contributed by atoms with Crippen molar-refractivity contribution in [1.82, 2.24) is 24.6 Å². The number of aromatic nitrogens is 4. The second-order valence-electron chi connectivity index (χ2n) is 9.00. The van der Waals surface area contributed by atoms with Gasteiger partial charge in [-0.1, -0.05) is 24.3 Å². The van der Waals surface area contributed by atoms with Crippen LogP contribution in [0, 0.1) is 6.92 Å². The monoisotopic (exact) mass is 438 g/mol. The molecule has 6 rings (SSSR count). The van der Waals surface area contributed by atoms with E-state index in [4.69, 9.17) is 10.1 Å². The molecule has 7 nitrogen and oxygen atoms in total. The summed E-state index contributed by atoms with van der Waals surface area (Å²) in [5.41, 5.74) is 4.30. The molecule has 7 heteroatoms. The predicted molar refractivity (Wildman–Crippen MR) is 128 cm³/mol. The minimum atomic E-state index is 0.0605. The molecule has 1 saturated carbocycles. The number of carbonyl (C=O) groups is 1. The number of benzene rings is 1. The average Bonchev–Trinajstić information content (AvgIpc) is 3.52. The van der Waals surface area contributed by atoms with Crippen LogP contribution in [0.5, 0.6) is 0 Å². The summed E-state index contributed by atoms with van der Waals surface area (Å²) in [5, 5.41) is 9.12. The maximum absolute atomic E-state index is 13.8. The number of anilines is 1. The number of para-hydroxylation sites is 1. The normalized spacial score (nSPS) is 18.1. The van der Waals surface area contributed by atoms with Gasteiger partial charge in [0.2, 0.25) is 0 Å². The molecule has 0 spiro atoms. The molecular weight excluding hydrogens is 412 g/mol. The molecule has 1 unspecified atom stereocenters. The zero-order valence-electron chi connectivity index (χ0n) is 18.6. The van der Waals surface area contributed by atoms with Gasteiger partial charge in [-0.25, -0.2) is 9.97 Å². The number of aryl methyl sites for hydroxylation is 1. The van der Waals surface area contributed by atoms with Crippen molar-refractivity contribution in [3.8, 4) is 5.82 Å². The van der Waals surface area contributed by atoms with Gasteiger partial charge in [0.05, 0.1) is 16.6 Å². The van der Waals surface area contributed by atoms with E-state index < -0.39 is 0 Å². The van der Waals surface area contributed by atoms with Crippen molar-refractivity contribution in [2.24, 2.45) is 0 Å². The van der Waals surface area contributed by atoms with Crippen LogP contribution in [-0.2, 0) is 0 Å². The Labute approximate surface area is 192 Å². The van der Waals surface area contributed by atoms with E-state index in [1.807, 2.05) is 54.3 Å². The Hall–Kier alpha value is -3.74. The van der Waals surface area contributed by atoms with Crippen molar-refractivity contribution in [2.45, 2.75) is 38.1 Å². The first kappa shape index (κ1) is 19.9. The van der Waals surface area contributed by atoms with E-state index in [-0.39, 0.29) is 11.9 Å². The topological polar surface area (TPSA) is 75.9 Å². The number of hydrogen-bond acceptors (Lipinski definition) is 5. The minimum Gasteiger partial charge on any atom is -0.380 e. The van der Waals surface area contributed by atoms with E-state index in [1.54, 1.807) is 10.9 Å². The molecule has 1 N–H and O–H groups in total. The highest BCUT2D eigenvalue weighted by Gasteiger charge is 2.32. The second-order valence-corrected chi connectivity index (χ2v) is 9.00. The van der Waals surface area contributed by atoms with Gasteiger partial charge >= 0.3 is 0 Å². The third-order valence-corrected chi connectivity index (χ3v) is 6.54. The van der Waals surface area contributed by atoms with Crippen LogP contribution in [0.2, 0.25) is 0 Å². The highest BCUT2D eigenvalue weighted by molar-refractivity contribution is 6.07. The van der Waals surface area contributed by atoms with Crippen LogP contribution in [0.25, 0.3) is 16.9 Å². The van der Waals surface area contributed by atoms with Crippen molar-refractivity contribution in [2.75, 3.05) is 18.4 Å². The van der Waals surface area contributed by atoms with Gasteiger partial charge in [-0.15, -0.1) is 0 Å². The van der Waals surface area contributed by atoms with Gasteiger partial charge in [-0.2, -0.15) is 9.78 Å². The molecule has 1 saturated heterocycles. The first-order valence-corrected chi connectivity index (χ1v) is 11.6. The van der Waals surface area contributed by atoms with Crippen molar-refractivity contribution < 1.29 is 4.79 Å². The molecule has 4 heterocycles. The third-order valence-electron chi connectivity index (χ3n) is 6.54. The maximum atomic E-state index is 13.8. The van der Waals surface area contributed by atoms with Crippen LogP contribution in [0.15, 0.2) is 60.8 Å². The first-order chi connectivity index (χ1) is 16.2. The third kappa shape index (κ3) is 3.73. The number of fused-ring (bicyclic) bond motifs is 1. The summed E-state index contributed by atoms with van der Waals surface area (Å²) in [7, 11) is 0. The zero-order valence-corrected chi connectivity index (χ0v) is 18.6. The Kier molecular flexibility index (Phi) is 4.82. The smallest absolute Gasteiger partial charge is 0.254 e. The Balaban J connectivity index is 1.36. The molecule has 1 amide bonds.